The summed E-state index contributed by atoms with van der Waals surface area (Å²) in [7, 11) is -2.57. The number of halogens is 2. The van der Waals surface area contributed by atoms with E-state index in [0.29, 0.717) is 29.4 Å². The predicted molar refractivity (Wildman–Crippen MR) is 127 cm³/mol. The van der Waals surface area contributed by atoms with Crippen LogP contribution in [0.4, 0.5) is 4.39 Å². The number of sulfonamides is 1. The lowest BCUT2D eigenvalue weighted by Crippen LogP contribution is -2.48. The SMILES string of the molecule is COC(=O)C1CN(Cc2cn(Cc3ccc(Cl)cc3)nn2)CCS(=O)(=O)N1Cc1ccc(F)cc1. The zero-order valence-corrected chi connectivity index (χ0v) is 20.6. The molecule has 0 amide bonds. The van der Waals surface area contributed by atoms with Crippen molar-refractivity contribution < 1.29 is 22.3 Å². The molecule has 4 rings (SSSR count). The van der Waals surface area contributed by atoms with Crippen LogP contribution in [0.25, 0.3) is 0 Å². The quantitative estimate of drug-likeness (QED) is 0.440. The standard InChI is InChI=1S/C23H25ClFN5O4S/c1-34-23(31)22-16-28(10-11-35(32,33)30(22)13-18-4-8-20(25)9-5-18)14-21-15-29(27-26-21)12-17-2-6-19(24)7-3-17/h2-9,15,22H,10-14,16H2,1H3. The summed E-state index contributed by atoms with van der Waals surface area (Å²) in [6.07, 6.45) is 1.79. The van der Waals surface area contributed by atoms with Crippen LogP contribution in [0.3, 0.4) is 0 Å². The Labute approximate surface area is 208 Å². The molecule has 12 heteroatoms. The van der Waals surface area contributed by atoms with Crippen molar-refractivity contribution in [3.05, 3.63) is 82.4 Å². The van der Waals surface area contributed by atoms with E-state index in [9.17, 15) is 17.6 Å². The smallest absolute Gasteiger partial charge is 0.325 e. The molecule has 0 N–H and O–H groups in total. The van der Waals surface area contributed by atoms with Crippen LogP contribution in [0.15, 0.2) is 54.7 Å². The zero-order chi connectivity index (χ0) is 25.0. The van der Waals surface area contributed by atoms with E-state index in [1.807, 2.05) is 17.0 Å². The van der Waals surface area contributed by atoms with Gasteiger partial charge in [0.2, 0.25) is 10.0 Å². The molecular formula is C23H25ClFN5O4S. The second-order valence-corrected chi connectivity index (χ2v) is 10.8. The Morgan fingerprint density at radius 2 is 1.74 bits per heavy atom. The van der Waals surface area contributed by atoms with Gasteiger partial charge in [-0.3, -0.25) is 9.69 Å². The van der Waals surface area contributed by atoms with Crippen molar-refractivity contribution in [1.29, 1.82) is 0 Å². The topological polar surface area (TPSA) is 97.6 Å². The number of rotatable bonds is 7. The van der Waals surface area contributed by atoms with E-state index in [2.05, 4.69) is 10.3 Å². The number of methoxy groups -OCH3 is 1. The molecule has 1 aliphatic rings. The minimum atomic E-state index is -3.79. The highest BCUT2D eigenvalue weighted by atomic mass is 35.5. The summed E-state index contributed by atoms with van der Waals surface area (Å²) in [5.41, 5.74) is 2.23. The van der Waals surface area contributed by atoms with E-state index in [4.69, 9.17) is 16.3 Å². The predicted octanol–water partition coefficient (Wildman–Crippen LogP) is 2.31. The van der Waals surface area contributed by atoms with Crippen LogP contribution in [-0.4, -0.2) is 70.6 Å². The molecule has 0 radical (unpaired) electrons. The highest BCUT2D eigenvalue weighted by Crippen LogP contribution is 2.21. The maximum absolute atomic E-state index is 13.3. The lowest BCUT2D eigenvalue weighted by atomic mass is 10.2. The molecule has 1 aliphatic heterocycles. The van der Waals surface area contributed by atoms with Gasteiger partial charge < -0.3 is 4.74 Å². The Hall–Kier alpha value is -2.86. The molecule has 186 valence electrons. The molecule has 1 aromatic heterocycles. The number of aromatic nitrogens is 3. The molecular weight excluding hydrogens is 497 g/mol. The fourth-order valence-corrected chi connectivity index (χ4v) is 5.66. The van der Waals surface area contributed by atoms with E-state index < -0.39 is 27.9 Å². The lowest BCUT2D eigenvalue weighted by molar-refractivity contribution is -0.145. The third kappa shape index (κ3) is 6.43. The Balaban J connectivity index is 1.50. The molecule has 2 aromatic carbocycles. The number of benzene rings is 2. The average Bonchev–Trinajstić information content (AvgIpc) is 3.23. The van der Waals surface area contributed by atoms with Gasteiger partial charge in [0.05, 0.1) is 31.3 Å². The molecule has 2 heterocycles. The van der Waals surface area contributed by atoms with Crippen molar-refractivity contribution in [3.63, 3.8) is 0 Å². The summed E-state index contributed by atoms with van der Waals surface area (Å²) in [6.45, 7) is 1.09. The first kappa shape index (κ1) is 25.2. The van der Waals surface area contributed by atoms with Crippen molar-refractivity contribution in [3.8, 4) is 0 Å². The van der Waals surface area contributed by atoms with Crippen molar-refractivity contribution in [1.82, 2.24) is 24.2 Å². The molecule has 9 nitrogen and oxygen atoms in total. The maximum Gasteiger partial charge on any atom is 0.325 e. The van der Waals surface area contributed by atoms with Crippen LogP contribution < -0.4 is 0 Å². The van der Waals surface area contributed by atoms with Gasteiger partial charge in [-0.2, -0.15) is 4.31 Å². The molecule has 1 saturated heterocycles. The number of carbonyl (C=O) groups excluding carboxylic acids is 1. The van der Waals surface area contributed by atoms with Crippen molar-refractivity contribution in [2.45, 2.75) is 25.7 Å². The molecule has 0 spiro atoms. The normalized spacial score (nSPS) is 18.8. The first-order valence-corrected chi connectivity index (χ1v) is 12.9. The monoisotopic (exact) mass is 521 g/mol. The van der Waals surface area contributed by atoms with Gasteiger partial charge in [0, 0.05) is 31.2 Å². The fourth-order valence-electron chi connectivity index (χ4n) is 3.93. The zero-order valence-electron chi connectivity index (χ0n) is 19.0. The number of carbonyl (C=O) groups is 1. The van der Waals surface area contributed by atoms with E-state index >= 15 is 0 Å². The molecule has 0 aliphatic carbocycles. The molecule has 0 saturated carbocycles. The second kappa shape index (κ2) is 10.8. The summed E-state index contributed by atoms with van der Waals surface area (Å²) in [6, 6.07) is 11.9. The maximum atomic E-state index is 13.3. The molecule has 35 heavy (non-hydrogen) atoms. The minimum Gasteiger partial charge on any atom is -0.468 e. The Bertz CT molecular complexity index is 1270. The summed E-state index contributed by atoms with van der Waals surface area (Å²) >= 11 is 5.93. The van der Waals surface area contributed by atoms with Crippen molar-refractivity contribution in [2.75, 3.05) is 26.0 Å². The number of esters is 1. The van der Waals surface area contributed by atoms with E-state index in [1.54, 1.807) is 23.0 Å². The van der Waals surface area contributed by atoms with E-state index in [-0.39, 0.29) is 25.4 Å². The average molecular weight is 522 g/mol. The number of hydrogen-bond acceptors (Lipinski definition) is 7. The summed E-state index contributed by atoms with van der Waals surface area (Å²) in [4.78, 5) is 14.5. The lowest BCUT2D eigenvalue weighted by Gasteiger charge is -2.28. The number of hydrogen-bond donors (Lipinski definition) is 0. The van der Waals surface area contributed by atoms with Gasteiger partial charge in [-0.25, -0.2) is 17.5 Å². The third-order valence-electron chi connectivity index (χ3n) is 5.76. The van der Waals surface area contributed by atoms with Gasteiger partial charge in [-0.15, -0.1) is 5.10 Å². The molecule has 1 atom stereocenters. The van der Waals surface area contributed by atoms with E-state index in [1.165, 1.54) is 31.4 Å². The van der Waals surface area contributed by atoms with Gasteiger partial charge in [-0.1, -0.05) is 41.1 Å². The van der Waals surface area contributed by atoms with Crippen molar-refractivity contribution in [2.24, 2.45) is 0 Å². The van der Waals surface area contributed by atoms with Gasteiger partial charge in [-0.05, 0) is 35.4 Å². The Kier molecular flexibility index (Phi) is 7.80. The van der Waals surface area contributed by atoms with Crippen LogP contribution >= 0.6 is 11.6 Å². The minimum absolute atomic E-state index is 0.0620. The van der Waals surface area contributed by atoms with Crippen LogP contribution in [0.2, 0.25) is 5.02 Å². The first-order valence-electron chi connectivity index (χ1n) is 10.9. The van der Waals surface area contributed by atoms with Gasteiger partial charge in [0.1, 0.15) is 11.9 Å². The number of nitrogens with zero attached hydrogens (tertiary/aromatic N) is 5. The Morgan fingerprint density at radius 1 is 1.09 bits per heavy atom. The van der Waals surface area contributed by atoms with Crippen LogP contribution in [0.1, 0.15) is 16.8 Å². The van der Waals surface area contributed by atoms with E-state index in [0.717, 1.165) is 9.87 Å². The van der Waals surface area contributed by atoms with Crippen LogP contribution in [-0.2, 0) is 39.2 Å². The fraction of sp³-hybridized carbons (Fsp3) is 0.348. The molecule has 1 fully saturated rings. The third-order valence-corrected chi connectivity index (χ3v) is 7.80. The molecule has 3 aromatic rings. The highest BCUT2D eigenvalue weighted by molar-refractivity contribution is 7.89. The summed E-state index contributed by atoms with van der Waals surface area (Å²) in [5, 5.41) is 9.01. The van der Waals surface area contributed by atoms with Crippen LogP contribution in [0, 0.1) is 5.82 Å². The largest absolute Gasteiger partial charge is 0.468 e. The van der Waals surface area contributed by atoms with Crippen LogP contribution in [0.5, 0.6) is 0 Å². The number of ether oxygens (including phenoxy) is 1. The van der Waals surface area contributed by atoms with Gasteiger partial charge in [0.15, 0.2) is 0 Å². The van der Waals surface area contributed by atoms with Crippen molar-refractivity contribution >= 4 is 27.6 Å². The van der Waals surface area contributed by atoms with Gasteiger partial charge in [0.25, 0.3) is 0 Å². The highest BCUT2D eigenvalue weighted by Gasteiger charge is 2.40. The molecule has 0 bridgehead atoms. The first-order chi connectivity index (χ1) is 16.7. The second-order valence-electron chi connectivity index (χ2n) is 8.30. The Morgan fingerprint density at radius 3 is 2.43 bits per heavy atom. The summed E-state index contributed by atoms with van der Waals surface area (Å²) < 4.78 is 47.3. The summed E-state index contributed by atoms with van der Waals surface area (Å²) in [5.74, 6) is -1.26. The molecule has 1 unspecified atom stereocenters. The van der Waals surface area contributed by atoms with Gasteiger partial charge >= 0.3 is 5.97 Å².